The molecule has 0 fully saturated rings. The van der Waals surface area contributed by atoms with Crippen LogP contribution in [0.15, 0.2) is 48.6 Å². The summed E-state index contributed by atoms with van der Waals surface area (Å²) in [4.78, 5) is 0. The summed E-state index contributed by atoms with van der Waals surface area (Å²) < 4.78 is 64.9. The number of benzene rings is 1. The van der Waals surface area contributed by atoms with Crippen LogP contribution in [0, 0.1) is 0 Å². The van der Waals surface area contributed by atoms with Crippen LogP contribution in [0.2, 0.25) is 0 Å². The molecule has 1 aliphatic carbocycles. The first-order valence-corrected chi connectivity index (χ1v) is 9.61. The van der Waals surface area contributed by atoms with Crippen molar-refractivity contribution in [3.05, 3.63) is 54.1 Å². The van der Waals surface area contributed by atoms with E-state index < -0.39 is 33.4 Å². The number of sulfonamides is 1. The minimum atomic E-state index is -4.30. The maximum absolute atomic E-state index is 13.4. The number of hydrogen-bond donors (Lipinski definition) is 0. The lowest BCUT2D eigenvalue weighted by Gasteiger charge is -2.36. The van der Waals surface area contributed by atoms with Gasteiger partial charge in [-0.05, 0) is 37.8 Å². The van der Waals surface area contributed by atoms with E-state index in [1.165, 1.54) is 4.31 Å². The first kappa shape index (κ1) is 18.0. The van der Waals surface area contributed by atoms with Crippen LogP contribution in [0.1, 0.15) is 31.7 Å². The fourth-order valence-corrected chi connectivity index (χ4v) is 5.45. The Labute approximate surface area is 145 Å². The molecule has 136 valence electrons. The van der Waals surface area contributed by atoms with Crippen molar-refractivity contribution in [3.63, 3.8) is 0 Å². The standard InChI is InChI=1S/C18H20F3NO2S/c1-17(10-5-2-6-11-17)25(23,24)22-15(9-12-18(19,20)21)13-14-7-3-4-8-16(14)22/h2-8,10,15H,9,11-13H2,1H3. The number of alkyl halides is 3. The van der Waals surface area contributed by atoms with Gasteiger partial charge in [-0.25, -0.2) is 8.42 Å². The minimum Gasteiger partial charge on any atom is -0.266 e. The van der Waals surface area contributed by atoms with E-state index in [-0.39, 0.29) is 6.42 Å². The number of hydrogen-bond acceptors (Lipinski definition) is 2. The number of allylic oxidation sites excluding steroid dienone is 3. The van der Waals surface area contributed by atoms with Crippen LogP contribution in [-0.4, -0.2) is 25.4 Å². The fraction of sp³-hybridized carbons (Fsp3) is 0.444. The topological polar surface area (TPSA) is 37.4 Å². The van der Waals surface area contributed by atoms with E-state index >= 15 is 0 Å². The Kier molecular flexibility index (Phi) is 4.47. The van der Waals surface area contributed by atoms with Crippen LogP contribution >= 0.6 is 0 Å². The Bertz CT molecular complexity index is 814. The largest absolute Gasteiger partial charge is 0.389 e. The number of halogens is 3. The lowest BCUT2D eigenvalue weighted by molar-refractivity contribution is -0.136. The van der Waals surface area contributed by atoms with Crippen molar-refractivity contribution in [1.82, 2.24) is 0 Å². The summed E-state index contributed by atoms with van der Waals surface area (Å²) in [5.74, 6) is 0. The van der Waals surface area contributed by atoms with Crippen LogP contribution < -0.4 is 4.31 Å². The molecule has 0 radical (unpaired) electrons. The quantitative estimate of drug-likeness (QED) is 0.788. The number of rotatable bonds is 4. The van der Waals surface area contributed by atoms with E-state index in [1.54, 1.807) is 55.5 Å². The molecule has 1 aromatic carbocycles. The van der Waals surface area contributed by atoms with Crippen LogP contribution in [0.4, 0.5) is 18.9 Å². The maximum atomic E-state index is 13.4. The van der Waals surface area contributed by atoms with Gasteiger partial charge in [-0.1, -0.05) is 42.5 Å². The predicted molar refractivity (Wildman–Crippen MR) is 91.9 cm³/mol. The molecule has 0 saturated heterocycles. The molecular formula is C18H20F3NO2S. The van der Waals surface area contributed by atoms with Crippen molar-refractivity contribution in [1.29, 1.82) is 0 Å². The van der Waals surface area contributed by atoms with Crippen molar-refractivity contribution in [2.45, 2.75) is 49.6 Å². The van der Waals surface area contributed by atoms with E-state index in [0.717, 1.165) is 5.56 Å². The molecule has 1 heterocycles. The van der Waals surface area contributed by atoms with Crippen molar-refractivity contribution in [3.8, 4) is 0 Å². The van der Waals surface area contributed by atoms with Crippen LogP contribution in [0.5, 0.6) is 0 Å². The molecule has 1 aliphatic heterocycles. The molecule has 25 heavy (non-hydrogen) atoms. The van der Waals surface area contributed by atoms with Gasteiger partial charge < -0.3 is 0 Å². The van der Waals surface area contributed by atoms with Gasteiger partial charge in [0.15, 0.2) is 0 Å². The van der Waals surface area contributed by atoms with Crippen molar-refractivity contribution in [2.24, 2.45) is 0 Å². The summed E-state index contributed by atoms with van der Waals surface area (Å²) >= 11 is 0. The zero-order valence-electron chi connectivity index (χ0n) is 13.8. The number of anilines is 1. The molecule has 0 N–H and O–H groups in total. The molecule has 7 heteroatoms. The number of fused-ring (bicyclic) bond motifs is 1. The third kappa shape index (κ3) is 3.34. The second-order valence-corrected chi connectivity index (χ2v) is 9.02. The molecule has 3 nitrogen and oxygen atoms in total. The monoisotopic (exact) mass is 371 g/mol. The highest BCUT2D eigenvalue weighted by molar-refractivity contribution is 7.94. The fourth-order valence-electron chi connectivity index (χ4n) is 3.43. The highest BCUT2D eigenvalue weighted by Crippen LogP contribution is 2.42. The molecule has 2 aliphatic rings. The first-order valence-electron chi connectivity index (χ1n) is 8.17. The van der Waals surface area contributed by atoms with Gasteiger partial charge in [-0.3, -0.25) is 4.31 Å². The number of nitrogens with zero attached hydrogens (tertiary/aromatic N) is 1. The van der Waals surface area contributed by atoms with E-state index in [4.69, 9.17) is 0 Å². The Morgan fingerprint density at radius 2 is 1.96 bits per heavy atom. The van der Waals surface area contributed by atoms with E-state index in [0.29, 0.717) is 18.5 Å². The van der Waals surface area contributed by atoms with Crippen molar-refractivity contribution < 1.29 is 21.6 Å². The minimum absolute atomic E-state index is 0.243. The smallest absolute Gasteiger partial charge is 0.266 e. The third-order valence-electron chi connectivity index (χ3n) is 4.84. The van der Waals surface area contributed by atoms with Gasteiger partial charge in [0, 0.05) is 12.5 Å². The summed E-state index contributed by atoms with van der Waals surface area (Å²) in [7, 11) is -3.86. The molecule has 0 amide bonds. The normalized spacial score (nSPS) is 26.1. The molecule has 1 aromatic rings. The van der Waals surface area contributed by atoms with Crippen molar-refractivity contribution >= 4 is 15.7 Å². The second-order valence-electron chi connectivity index (χ2n) is 6.75. The van der Waals surface area contributed by atoms with Gasteiger partial charge in [-0.2, -0.15) is 13.2 Å². The van der Waals surface area contributed by atoms with Crippen LogP contribution in [0.25, 0.3) is 0 Å². The molecule has 2 atom stereocenters. The maximum Gasteiger partial charge on any atom is 0.389 e. The van der Waals surface area contributed by atoms with Gasteiger partial charge in [0.05, 0.1) is 5.69 Å². The summed E-state index contributed by atoms with van der Waals surface area (Å²) in [6.07, 6.45) is 1.90. The van der Waals surface area contributed by atoms with E-state index in [2.05, 4.69) is 0 Å². The van der Waals surface area contributed by atoms with Gasteiger partial charge in [0.2, 0.25) is 10.0 Å². The highest BCUT2D eigenvalue weighted by Gasteiger charge is 2.47. The van der Waals surface area contributed by atoms with Gasteiger partial charge in [0.1, 0.15) is 4.75 Å². The van der Waals surface area contributed by atoms with Gasteiger partial charge >= 0.3 is 6.18 Å². The average Bonchev–Trinajstić information content (AvgIpc) is 2.92. The summed E-state index contributed by atoms with van der Waals surface area (Å²) in [6.45, 7) is 1.62. The molecule has 3 rings (SSSR count). The summed E-state index contributed by atoms with van der Waals surface area (Å²) in [5.41, 5.74) is 1.27. The van der Waals surface area contributed by atoms with Gasteiger partial charge in [-0.15, -0.1) is 0 Å². The summed E-state index contributed by atoms with van der Waals surface area (Å²) in [5, 5.41) is 0. The van der Waals surface area contributed by atoms with Gasteiger partial charge in [0.25, 0.3) is 0 Å². The summed E-state index contributed by atoms with van der Waals surface area (Å²) in [6, 6.07) is 6.24. The number of para-hydroxylation sites is 1. The Morgan fingerprint density at radius 3 is 2.60 bits per heavy atom. The molecule has 0 bridgehead atoms. The zero-order chi connectivity index (χ0) is 18.3. The molecule has 2 unspecified atom stereocenters. The van der Waals surface area contributed by atoms with Crippen molar-refractivity contribution in [2.75, 3.05) is 4.31 Å². The third-order valence-corrected chi connectivity index (χ3v) is 7.34. The average molecular weight is 371 g/mol. The van der Waals surface area contributed by atoms with Crippen LogP contribution in [0.3, 0.4) is 0 Å². The lowest BCUT2D eigenvalue weighted by Crippen LogP contribution is -2.49. The van der Waals surface area contributed by atoms with E-state index in [9.17, 15) is 21.6 Å². The second kappa shape index (κ2) is 6.20. The Morgan fingerprint density at radius 1 is 1.24 bits per heavy atom. The first-order chi connectivity index (χ1) is 11.6. The Hall–Kier alpha value is -1.76. The highest BCUT2D eigenvalue weighted by atomic mass is 32.2. The van der Waals surface area contributed by atoms with Crippen LogP contribution in [-0.2, 0) is 16.4 Å². The molecular weight excluding hydrogens is 351 g/mol. The molecule has 0 saturated carbocycles. The molecule has 0 spiro atoms. The molecule has 0 aromatic heterocycles. The lowest BCUT2D eigenvalue weighted by atomic mass is 10.0. The Balaban J connectivity index is 1.99. The predicted octanol–water partition coefficient (Wildman–Crippen LogP) is 4.36. The zero-order valence-corrected chi connectivity index (χ0v) is 14.6. The SMILES string of the molecule is CC1(S(=O)(=O)N2c3ccccc3CC2CCC(F)(F)F)C=CC=CC1. The van der Waals surface area contributed by atoms with E-state index in [1.807, 2.05) is 0 Å².